The van der Waals surface area contributed by atoms with E-state index in [2.05, 4.69) is 10.5 Å². The molecule has 2 atom stereocenters. The fraction of sp³-hybridized carbons (Fsp3) is 0.276. The monoisotopic (exact) mass is 485 g/mol. The van der Waals surface area contributed by atoms with Gasteiger partial charge < -0.3 is 20.2 Å². The summed E-state index contributed by atoms with van der Waals surface area (Å²) >= 11 is 0. The first kappa shape index (κ1) is 25.1. The Balaban J connectivity index is 1.45. The van der Waals surface area contributed by atoms with E-state index in [1.165, 1.54) is 7.11 Å². The number of aliphatic hydroxyl groups is 1. The maximum Gasteiger partial charge on any atom is 0.254 e. The molecule has 1 fully saturated rings. The number of oxime groups is 1. The molecule has 2 N–H and O–H groups in total. The zero-order chi connectivity index (χ0) is 25.5. The van der Waals surface area contributed by atoms with Crippen molar-refractivity contribution in [1.82, 2.24) is 10.2 Å². The van der Waals surface area contributed by atoms with Crippen molar-refractivity contribution in [2.45, 2.75) is 31.9 Å². The number of nitrogens with one attached hydrogen (secondary N) is 1. The molecule has 0 saturated carbocycles. The van der Waals surface area contributed by atoms with E-state index < -0.39 is 6.10 Å². The Kier molecular flexibility index (Phi) is 8.13. The molecule has 1 aliphatic heterocycles. The second-order valence-corrected chi connectivity index (χ2v) is 8.96. The lowest BCUT2D eigenvalue weighted by molar-refractivity contribution is -0.122. The van der Waals surface area contributed by atoms with Crippen molar-refractivity contribution in [3.63, 3.8) is 0 Å². The van der Waals surface area contributed by atoms with Gasteiger partial charge in [0.25, 0.3) is 5.91 Å². The van der Waals surface area contributed by atoms with E-state index in [1.807, 2.05) is 85.8 Å². The highest BCUT2D eigenvalue weighted by Crippen LogP contribution is 2.27. The fourth-order valence-corrected chi connectivity index (χ4v) is 4.58. The lowest BCUT2D eigenvalue weighted by atomic mass is 9.98. The third-order valence-corrected chi connectivity index (χ3v) is 6.40. The predicted molar refractivity (Wildman–Crippen MR) is 140 cm³/mol. The van der Waals surface area contributed by atoms with E-state index in [0.29, 0.717) is 24.2 Å². The Bertz CT molecular complexity index is 1230. The second-order valence-electron chi connectivity index (χ2n) is 8.96. The maximum atomic E-state index is 13.5. The lowest BCUT2D eigenvalue weighted by Crippen LogP contribution is -2.40. The minimum atomic E-state index is -0.798. The van der Waals surface area contributed by atoms with Crippen molar-refractivity contribution in [3.8, 4) is 11.1 Å². The maximum absolute atomic E-state index is 13.5. The molecule has 1 heterocycles. The molecular weight excluding hydrogens is 454 g/mol. The largest absolute Gasteiger partial charge is 0.399 e. The fourth-order valence-electron chi connectivity index (χ4n) is 4.58. The number of aryl methyl sites for hydroxylation is 1. The van der Waals surface area contributed by atoms with Crippen LogP contribution in [-0.2, 0) is 9.63 Å². The van der Waals surface area contributed by atoms with Gasteiger partial charge in [0.05, 0.1) is 18.4 Å². The molecule has 0 radical (unpaired) electrons. The molecule has 0 unspecified atom stereocenters. The minimum absolute atomic E-state index is 0.0999. The highest BCUT2D eigenvalue weighted by Gasteiger charge is 2.35. The van der Waals surface area contributed by atoms with Crippen LogP contribution in [0.15, 0.2) is 84.0 Å². The summed E-state index contributed by atoms with van der Waals surface area (Å²) in [5, 5.41) is 17.2. The van der Waals surface area contributed by atoms with Crippen LogP contribution in [0.5, 0.6) is 0 Å². The molecule has 3 aromatic carbocycles. The first-order valence-corrected chi connectivity index (χ1v) is 12.0. The van der Waals surface area contributed by atoms with Crippen LogP contribution in [0.25, 0.3) is 11.1 Å². The van der Waals surface area contributed by atoms with Crippen LogP contribution in [0.4, 0.5) is 0 Å². The molecular formula is C29H31N3O4. The first-order valence-electron chi connectivity index (χ1n) is 12.0. The Hall–Kier alpha value is -3.97. The quantitative estimate of drug-likeness (QED) is 0.470. The average molecular weight is 486 g/mol. The van der Waals surface area contributed by atoms with Gasteiger partial charge in [-0.15, -0.1) is 0 Å². The van der Waals surface area contributed by atoms with E-state index in [4.69, 9.17) is 4.84 Å². The molecule has 0 aliphatic carbocycles. The van der Waals surface area contributed by atoms with E-state index in [9.17, 15) is 14.7 Å². The summed E-state index contributed by atoms with van der Waals surface area (Å²) in [4.78, 5) is 32.9. The Morgan fingerprint density at radius 3 is 2.44 bits per heavy atom. The van der Waals surface area contributed by atoms with Crippen molar-refractivity contribution in [2.24, 2.45) is 5.16 Å². The first-order chi connectivity index (χ1) is 17.5. The van der Waals surface area contributed by atoms with Crippen molar-refractivity contribution in [1.29, 1.82) is 0 Å². The smallest absolute Gasteiger partial charge is 0.254 e. The van der Waals surface area contributed by atoms with Crippen LogP contribution in [0, 0.1) is 6.92 Å². The summed E-state index contributed by atoms with van der Waals surface area (Å²) in [6.07, 6.45) is -0.236. The number of rotatable bonds is 8. The zero-order valence-corrected chi connectivity index (χ0v) is 20.6. The van der Waals surface area contributed by atoms with E-state index >= 15 is 0 Å². The zero-order valence-electron chi connectivity index (χ0n) is 20.6. The molecule has 36 heavy (non-hydrogen) atoms. The van der Waals surface area contributed by atoms with E-state index in [-0.39, 0.29) is 30.8 Å². The molecule has 4 rings (SSSR count). The standard InChI is InChI=1S/C29H31N3O4/c1-20-15-23(13-14-26(20)21-9-5-3-6-10-21)29(35)32-19-24(31-36-2)16-25(32)17-28(34)30-18-27(33)22-11-7-4-8-12-22/h3-15,25,27,33H,16-19H2,1-2H3,(H,30,34)/t25-,27+/m0/s1. The summed E-state index contributed by atoms with van der Waals surface area (Å²) in [6, 6.07) is 24.5. The molecule has 0 bridgehead atoms. The number of hydrogen-bond acceptors (Lipinski definition) is 5. The van der Waals surface area contributed by atoms with Gasteiger partial charge >= 0.3 is 0 Å². The molecule has 0 spiro atoms. The Morgan fingerprint density at radius 2 is 1.78 bits per heavy atom. The molecule has 3 aromatic rings. The molecule has 1 aliphatic rings. The van der Waals surface area contributed by atoms with Crippen LogP contribution < -0.4 is 5.32 Å². The summed E-state index contributed by atoms with van der Waals surface area (Å²) in [6.45, 7) is 2.39. The van der Waals surface area contributed by atoms with Crippen LogP contribution in [-0.4, -0.2) is 53.8 Å². The van der Waals surface area contributed by atoms with Crippen LogP contribution in [0.2, 0.25) is 0 Å². The van der Waals surface area contributed by atoms with Crippen LogP contribution in [0.3, 0.4) is 0 Å². The number of carbonyl (C=O) groups excluding carboxylic acids is 2. The number of likely N-dealkylation sites (tertiary alicyclic amines) is 1. The van der Waals surface area contributed by atoms with E-state index in [1.54, 1.807) is 4.90 Å². The molecule has 2 amide bonds. The summed E-state index contributed by atoms with van der Waals surface area (Å²) < 4.78 is 0. The number of nitrogens with zero attached hydrogens (tertiary/aromatic N) is 2. The molecule has 186 valence electrons. The highest BCUT2D eigenvalue weighted by atomic mass is 16.6. The lowest BCUT2D eigenvalue weighted by Gasteiger charge is -2.24. The van der Waals surface area contributed by atoms with Gasteiger partial charge in [0.15, 0.2) is 0 Å². The molecule has 7 heteroatoms. The van der Waals surface area contributed by atoms with Gasteiger partial charge in [0, 0.05) is 31.0 Å². The number of hydrogen-bond donors (Lipinski definition) is 2. The van der Waals surface area contributed by atoms with E-state index in [0.717, 1.165) is 22.3 Å². The number of aliphatic hydroxyl groups excluding tert-OH is 1. The molecule has 1 saturated heterocycles. The molecule has 0 aromatic heterocycles. The van der Waals surface area contributed by atoms with Gasteiger partial charge in [-0.05, 0) is 41.3 Å². The van der Waals surface area contributed by atoms with Crippen molar-refractivity contribution >= 4 is 17.5 Å². The summed E-state index contributed by atoms with van der Waals surface area (Å²) in [5.74, 6) is -0.386. The normalized spacial score (nSPS) is 17.1. The Labute approximate surface area is 211 Å². The number of carbonyl (C=O) groups is 2. The van der Waals surface area contributed by atoms with Crippen molar-refractivity contribution in [3.05, 3.63) is 95.6 Å². The second kappa shape index (κ2) is 11.6. The topological polar surface area (TPSA) is 91.2 Å². The number of benzene rings is 3. The third kappa shape index (κ3) is 5.98. The third-order valence-electron chi connectivity index (χ3n) is 6.40. The average Bonchev–Trinajstić information content (AvgIpc) is 3.29. The van der Waals surface area contributed by atoms with Gasteiger partial charge in [-0.2, -0.15) is 0 Å². The van der Waals surface area contributed by atoms with Crippen LogP contribution in [0.1, 0.15) is 40.4 Å². The summed E-state index contributed by atoms with van der Waals surface area (Å²) in [5.41, 5.74) is 5.18. The van der Waals surface area contributed by atoms with Gasteiger partial charge in [-0.3, -0.25) is 9.59 Å². The minimum Gasteiger partial charge on any atom is -0.399 e. The van der Waals surface area contributed by atoms with Gasteiger partial charge in [0.1, 0.15) is 7.11 Å². The molecule has 7 nitrogen and oxygen atoms in total. The number of amides is 2. The summed E-state index contributed by atoms with van der Waals surface area (Å²) in [7, 11) is 1.47. The van der Waals surface area contributed by atoms with Gasteiger partial charge in [-0.1, -0.05) is 71.9 Å². The Morgan fingerprint density at radius 1 is 1.08 bits per heavy atom. The van der Waals surface area contributed by atoms with Crippen LogP contribution >= 0.6 is 0 Å². The van der Waals surface area contributed by atoms with Crippen molar-refractivity contribution < 1.29 is 19.5 Å². The van der Waals surface area contributed by atoms with Crippen molar-refractivity contribution in [2.75, 3.05) is 20.2 Å². The van der Waals surface area contributed by atoms with Gasteiger partial charge in [-0.25, -0.2) is 0 Å². The highest BCUT2D eigenvalue weighted by molar-refractivity contribution is 6.01. The SMILES string of the molecule is CON=C1C[C@@H](CC(=O)NC[C@@H](O)c2ccccc2)N(C(=O)c2ccc(-c3ccccc3)c(C)c2)C1. The van der Waals surface area contributed by atoms with Gasteiger partial charge in [0.2, 0.25) is 5.91 Å². The predicted octanol–water partition coefficient (Wildman–Crippen LogP) is 4.12.